The lowest BCUT2D eigenvalue weighted by Gasteiger charge is -2.26. The standard InChI is InChI=1S/C13H19NO5/c1-19-6-9(5-15)14-12(16)10-7-2-3-8(4-7)11(10)13(17)18/h2-3,7-11,15H,4-6H2,1H3,(H,14,16)(H,17,18). The van der Waals surface area contributed by atoms with Crippen LogP contribution < -0.4 is 5.32 Å². The third-order valence-electron chi connectivity index (χ3n) is 3.98. The van der Waals surface area contributed by atoms with E-state index in [-0.39, 0.29) is 31.0 Å². The monoisotopic (exact) mass is 269 g/mol. The Kier molecular flexibility index (Phi) is 4.21. The Balaban J connectivity index is 2.05. The van der Waals surface area contributed by atoms with Crippen LogP contribution >= 0.6 is 0 Å². The molecule has 6 heteroatoms. The molecule has 0 aliphatic heterocycles. The van der Waals surface area contributed by atoms with Gasteiger partial charge in [0.25, 0.3) is 0 Å². The van der Waals surface area contributed by atoms with Gasteiger partial charge in [-0.05, 0) is 18.3 Å². The van der Waals surface area contributed by atoms with E-state index in [9.17, 15) is 14.7 Å². The van der Waals surface area contributed by atoms with Crippen LogP contribution in [-0.2, 0) is 14.3 Å². The zero-order valence-electron chi connectivity index (χ0n) is 10.8. The number of carboxylic acids is 1. The van der Waals surface area contributed by atoms with Gasteiger partial charge in [-0.3, -0.25) is 9.59 Å². The number of amides is 1. The first-order valence-electron chi connectivity index (χ1n) is 6.39. The number of nitrogens with one attached hydrogen (secondary N) is 1. The van der Waals surface area contributed by atoms with Gasteiger partial charge in [0.2, 0.25) is 5.91 Å². The van der Waals surface area contributed by atoms with Crippen molar-refractivity contribution < 1.29 is 24.5 Å². The molecule has 1 fully saturated rings. The molecular weight excluding hydrogens is 250 g/mol. The normalized spacial score (nSPS) is 33.4. The van der Waals surface area contributed by atoms with E-state index in [1.807, 2.05) is 12.2 Å². The van der Waals surface area contributed by atoms with Crippen LogP contribution in [0.15, 0.2) is 12.2 Å². The molecule has 0 radical (unpaired) electrons. The van der Waals surface area contributed by atoms with Crippen molar-refractivity contribution in [3.8, 4) is 0 Å². The lowest BCUT2D eigenvalue weighted by molar-refractivity contribution is -0.148. The number of carboxylic acid groups (broad SMARTS) is 1. The van der Waals surface area contributed by atoms with Gasteiger partial charge in [0.1, 0.15) is 0 Å². The number of aliphatic hydroxyl groups excluding tert-OH is 1. The molecule has 19 heavy (non-hydrogen) atoms. The highest BCUT2D eigenvalue weighted by molar-refractivity contribution is 5.87. The van der Waals surface area contributed by atoms with E-state index in [2.05, 4.69) is 5.32 Å². The molecule has 2 aliphatic carbocycles. The zero-order chi connectivity index (χ0) is 14.0. The summed E-state index contributed by atoms with van der Waals surface area (Å²) in [7, 11) is 1.48. The number of carbonyl (C=O) groups is 2. The Labute approximate surface area is 111 Å². The number of rotatable bonds is 6. The molecule has 0 aromatic rings. The first kappa shape index (κ1) is 14.0. The number of carbonyl (C=O) groups excluding carboxylic acids is 1. The van der Waals surface area contributed by atoms with E-state index in [4.69, 9.17) is 9.84 Å². The van der Waals surface area contributed by atoms with Crippen LogP contribution in [0, 0.1) is 23.7 Å². The SMILES string of the molecule is COCC(CO)NC(=O)C1C2C=CC(C2)C1C(=O)O. The molecule has 0 heterocycles. The van der Waals surface area contributed by atoms with Crippen LogP contribution in [0.4, 0.5) is 0 Å². The predicted octanol–water partition coefficient (Wildman–Crippen LogP) is -0.367. The van der Waals surface area contributed by atoms with Gasteiger partial charge >= 0.3 is 5.97 Å². The molecule has 5 atom stereocenters. The van der Waals surface area contributed by atoms with E-state index in [0.29, 0.717) is 0 Å². The summed E-state index contributed by atoms with van der Waals surface area (Å²) >= 11 is 0. The molecule has 106 valence electrons. The summed E-state index contributed by atoms with van der Waals surface area (Å²) in [6, 6.07) is -0.491. The molecule has 0 spiro atoms. The van der Waals surface area contributed by atoms with Crippen LogP contribution in [0.3, 0.4) is 0 Å². The molecule has 2 rings (SSSR count). The van der Waals surface area contributed by atoms with Gasteiger partial charge in [0, 0.05) is 7.11 Å². The minimum absolute atomic E-state index is 0.00649. The Morgan fingerprint density at radius 2 is 2.00 bits per heavy atom. The molecule has 5 unspecified atom stereocenters. The third kappa shape index (κ3) is 2.64. The maximum absolute atomic E-state index is 12.2. The van der Waals surface area contributed by atoms with Crippen LogP contribution in [0.25, 0.3) is 0 Å². The van der Waals surface area contributed by atoms with Crippen molar-refractivity contribution in [2.45, 2.75) is 12.5 Å². The molecule has 3 N–H and O–H groups in total. The summed E-state index contributed by atoms with van der Waals surface area (Å²) in [5.41, 5.74) is 0. The van der Waals surface area contributed by atoms with Gasteiger partial charge in [-0.25, -0.2) is 0 Å². The average molecular weight is 269 g/mol. The third-order valence-corrected chi connectivity index (χ3v) is 3.98. The second-order valence-corrected chi connectivity index (χ2v) is 5.18. The predicted molar refractivity (Wildman–Crippen MR) is 66.2 cm³/mol. The average Bonchev–Trinajstić information content (AvgIpc) is 2.97. The molecule has 0 saturated heterocycles. The number of methoxy groups -OCH3 is 1. The van der Waals surface area contributed by atoms with E-state index in [0.717, 1.165) is 6.42 Å². The summed E-state index contributed by atoms with van der Waals surface area (Å²) in [4.78, 5) is 23.5. The zero-order valence-corrected chi connectivity index (χ0v) is 10.8. The molecule has 1 amide bonds. The smallest absolute Gasteiger partial charge is 0.307 e. The van der Waals surface area contributed by atoms with Crippen molar-refractivity contribution in [1.29, 1.82) is 0 Å². The highest BCUT2D eigenvalue weighted by Gasteiger charge is 2.51. The lowest BCUT2D eigenvalue weighted by Crippen LogP contribution is -2.47. The van der Waals surface area contributed by atoms with Crippen molar-refractivity contribution in [2.75, 3.05) is 20.3 Å². The highest BCUT2D eigenvalue weighted by Crippen LogP contribution is 2.48. The minimum atomic E-state index is -0.927. The van der Waals surface area contributed by atoms with E-state index in [1.165, 1.54) is 7.11 Å². The minimum Gasteiger partial charge on any atom is -0.481 e. The number of ether oxygens (including phenoxy) is 1. The molecule has 1 saturated carbocycles. The number of hydrogen-bond acceptors (Lipinski definition) is 4. The van der Waals surface area contributed by atoms with Gasteiger partial charge in [0.15, 0.2) is 0 Å². The van der Waals surface area contributed by atoms with Gasteiger partial charge in [-0.2, -0.15) is 0 Å². The topological polar surface area (TPSA) is 95.9 Å². The molecule has 2 bridgehead atoms. The van der Waals surface area contributed by atoms with E-state index >= 15 is 0 Å². The van der Waals surface area contributed by atoms with Crippen LogP contribution in [0.1, 0.15) is 6.42 Å². The number of aliphatic carboxylic acids is 1. The largest absolute Gasteiger partial charge is 0.481 e. The Morgan fingerprint density at radius 3 is 2.53 bits per heavy atom. The summed E-state index contributed by atoms with van der Waals surface area (Å²) in [5, 5.41) is 21.1. The van der Waals surface area contributed by atoms with Crippen LogP contribution in [0.2, 0.25) is 0 Å². The first-order chi connectivity index (χ1) is 9.08. The lowest BCUT2D eigenvalue weighted by atomic mass is 9.82. The highest BCUT2D eigenvalue weighted by atomic mass is 16.5. The molecule has 6 nitrogen and oxygen atoms in total. The summed E-state index contributed by atoms with van der Waals surface area (Å²) in [6.07, 6.45) is 4.55. The Bertz CT molecular complexity index is 394. The number of allylic oxidation sites excluding steroid dienone is 2. The fourth-order valence-corrected chi connectivity index (χ4v) is 3.15. The van der Waals surface area contributed by atoms with Crippen molar-refractivity contribution in [3.63, 3.8) is 0 Å². The van der Waals surface area contributed by atoms with Gasteiger partial charge in [-0.1, -0.05) is 12.2 Å². The Hall–Kier alpha value is -1.40. The molecular formula is C13H19NO5. The first-order valence-corrected chi connectivity index (χ1v) is 6.39. The van der Waals surface area contributed by atoms with Gasteiger partial charge in [0.05, 0.1) is 31.1 Å². The van der Waals surface area contributed by atoms with Crippen molar-refractivity contribution in [1.82, 2.24) is 5.32 Å². The fourth-order valence-electron chi connectivity index (χ4n) is 3.15. The van der Waals surface area contributed by atoms with E-state index < -0.39 is 23.8 Å². The number of fused-ring (bicyclic) bond motifs is 2. The van der Waals surface area contributed by atoms with Crippen LogP contribution in [-0.4, -0.2) is 48.5 Å². The van der Waals surface area contributed by atoms with Crippen molar-refractivity contribution in [2.24, 2.45) is 23.7 Å². The summed E-state index contributed by atoms with van der Waals surface area (Å²) < 4.78 is 4.89. The fraction of sp³-hybridized carbons (Fsp3) is 0.692. The second-order valence-electron chi connectivity index (χ2n) is 5.18. The summed E-state index contributed by atoms with van der Waals surface area (Å²) in [5.74, 6) is -2.49. The maximum atomic E-state index is 12.2. The molecule has 0 aromatic heterocycles. The number of aliphatic hydroxyl groups is 1. The molecule has 2 aliphatic rings. The number of hydrogen-bond donors (Lipinski definition) is 3. The van der Waals surface area contributed by atoms with Gasteiger partial charge < -0.3 is 20.3 Å². The summed E-state index contributed by atoms with van der Waals surface area (Å²) in [6.45, 7) is -0.0232. The van der Waals surface area contributed by atoms with Crippen molar-refractivity contribution >= 4 is 11.9 Å². The van der Waals surface area contributed by atoms with Crippen molar-refractivity contribution in [3.05, 3.63) is 12.2 Å². The van der Waals surface area contributed by atoms with Gasteiger partial charge in [-0.15, -0.1) is 0 Å². The quantitative estimate of drug-likeness (QED) is 0.572. The second kappa shape index (κ2) is 5.71. The van der Waals surface area contributed by atoms with E-state index in [1.54, 1.807) is 0 Å². The molecule has 0 aromatic carbocycles. The van der Waals surface area contributed by atoms with Crippen LogP contribution in [0.5, 0.6) is 0 Å². The Morgan fingerprint density at radius 1 is 1.37 bits per heavy atom. The maximum Gasteiger partial charge on any atom is 0.307 e.